The third-order valence-electron chi connectivity index (χ3n) is 5.20. The zero-order valence-electron chi connectivity index (χ0n) is 17.6. The van der Waals surface area contributed by atoms with Crippen molar-refractivity contribution in [1.29, 1.82) is 0 Å². The number of hydrogen-bond donors (Lipinski definition) is 6. The highest BCUT2D eigenvalue weighted by atomic mass is 32.1. The SMILES string of the molecule is CC(C)C(NC(=O)C(Cc1cnc[nH]1)NC(=O)C(N)CS)C(=O)N1CCCC1C(=O)O. The molecule has 6 N–H and O–H groups in total. The summed E-state index contributed by atoms with van der Waals surface area (Å²) in [7, 11) is 0. The minimum absolute atomic E-state index is 0.100. The van der Waals surface area contributed by atoms with Crippen molar-refractivity contribution in [3.8, 4) is 0 Å². The molecule has 1 aromatic rings. The van der Waals surface area contributed by atoms with Crippen LogP contribution in [0.3, 0.4) is 0 Å². The molecule has 0 radical (unpaired) electrons. The molecule has 0 aliphatic carbocycles. The summed E-state index contributed by atoms with van der Waals surface area (Å²) in [4.78, 5) is 57.9. The number of amides is 3. The average molecular weight is 455 g/mol. The number of H-pyrrole nitrogens is 1. The number of likely N-dealkylation sites (tertiary alicyclic amines) is 1. The largest absolute Gasteiger partial charge is 0.480 e. The third kappa shape index (κ3) is 6.44. The highest BCUT2D eigenvalue weighted by Gasteiger charge is 2.39. The van der Waals surface area contributed by atoms with Crippen LogP contribution in [0.5, 0.6) is 0 Å². The molecule has 0 saturated carbocycles. The smallest absolute Gasteiger partial charge is 0.326 e. The first-order valence-electron chi connectivity index (χ1n) is 10.1. The Labute approximate surface area is 185 Å². The predicted molar refractivity (Wildman–Crippen MR) is 115 cm³/mol. The first-order valence-corrected chi connectivity index (χ1v) is 10.8. The number of carbonyl (C=O) groups excluding carboxylic acids is 3. The van der Waals surface area contributed by atoms with Gasteiger partial charge in [0.25, 0.3) is 0 Å². The normalized spacial score (nSPS) is 19.0. The lowest BCUT2D eigenvalue weighted by molar-refractivity contribution is -0.150. The number of nitrogens with one attached hydrogen (secondary N) is 3. The molecule has 0 bridgehead atoms. The Morgan fingerprint density at radius 1 is 1.32 bits per heavy atom. The highest BCUT2D eigenvalue weighted by Crippen LogP contribution is 2.20. The highest BCUT2D eigenvalue weighted by molar-refractivity contribution is 7.80. The van der Waals surface area contributed by atoms with E-state index in [1.165, 1.54) is 17.4 Å². The van der Waals surface area contributed by atoms with E-state index >= 15 is 0 Å². The molecule has 1 saturated heterocycles. The van der Waals surface area contributed by atoms with Gasteiger partial charge < -0.3 is 31.4 Å². The summed E-state index contributed by atoms with van der Waals surface area (Å²) in [6, 6.07) is -3.75. The molecule has 172 valence electrons. The lowest BCUT2D eigenvalue weighted by atomic mass is 10.0. The Morgan fingerprint density at radius 2 is 2.03 bits per heavy atom. The van der Waals surface area contributed by atoms with Crippen LogP contribution in [0.4, 0.5) is 0 Å². The number of thiol groups is 1. The van der Waals surface area contributed by atoms with Crippen LogP contribution in [-0.2, 0) is 25.6 Å². The molecule has 12 heteroatoms. The number of aromatic nitrogens is 2. The van der Waals surface area contributed by atoms with Gasteiger partial charge in [-0.15, -0.1) is 0 Å². The number of nitrogens with zero attached hydrogens (tertiary/aromatic N) is 2. The molecule has 1 aliphatic heterocycles. The maximum atomic E-state index is 13.1. The first kappa shape index (κ1) is 24.7. The second-order valence-electron chi connectivity index (χ2n) is 7.89. The number of carboxylic acids is 1. The molecule has 1 aromatic heterocycles. The van der Waals surface area contributed by atoms with Gasteiger partial charge in [0.05, 0.1) is 12.4 Å². The monoisotopic (exact) mass is 454 g/mol. The van der Waals surface area contributed by atoms with E-state index in [0.717, 1.165) is 0 Å². The van der Waals surface area contributed by atoms with Crippen molar-refractivity contribution >= 4 is 36.3 Å². The predicted octanol–water partition coefficient (Wildman–Crippen LogP) is -1.09. The maximum absolute atomic E-state index is 13.1. The molecule has 2 heterocycles. The van der Waals surface area contributed by atoms with Crippen molar-refractivity contribution in [2.45, 2.75) is 57.3 Å². The van der Waals surface area contributed by atoms with Gasteiger partial charge in [-0.2, -0.15) is 12.6 Å². The van der Waals surface area contributed by atoms with Crippen LogP contribution in [0.1, 0.15) is 32.4 Å². The second kappa shape index (κ2) is 11.1. The average Bonchev–Trinajstić information content (AvgIpc) is 3.41. The van der Waals surface area contributed by atoms with Gasteiger partial charge in [-0.1, -0.05) is 13.8 Å². The summed E-state index contributed by atoms with van der Waals surface area (Å²) in [6.45, 7) is 3.84. The van der Waals surface area contributed by atoms with Crippen molar-refractivity contribution in [2.24, 2.45) is 11.7 Å². The standard InChI is InChI=1S/C19H30N6O5S/c1-10(2)15(18(28)25-5-3-4-14(25)19(29)30)24-17(27)13(6-11-7-21-9-22-11)23-16(26)12(20)8-31/h7,9-10,12-15,31H,3-6,8,20H2,1-2H3,(H,21,22)(H,23,26)(H,24,27)(H,29,30). The van der Waals surface area contributed by atoms with Crippen LogP contribution in [0, 0.1) is 5.92 Å². The molecule has 4 atom stereocenters. The van der Waals surface area contributed by atoms with Crippen molar-refractivity contribution in [2.75, 3.05) is 12.3 Å². The van der Waals surface area contributed by atoms with Crippen LogP contribution < -0.4 is 16.4 Å². The minimum atomic E-state index is -1.06. The van der Waals surface area contributed by atoms with E-state index in [1.807, 2.05) is 0 Å². The van der Waals surface area contributed by atoms with Gasteiger partial charge in [-0.05, 0) is 18.8 Å². The van der Waals surface area contributed by atoms with Gasteiger partial charge in [-0.3, -0.25) is 14.4 Å². The van der Waals surface area contributed by atoms with E-state index in [-0.39, 0.29) is 18.1 Å². The molecular formula is C19H30N6O5S. The zero-order chi connectivity index (χ0) is 23.1. The van der Waals surface area contributed by atoms with E-state index in [2.05, 4.69) is 33.2 Å². The van der Waals surface area contributed by atoms with Crippen LogP contribution in [-0.4, -0.2) is 80.1 Å². The van der Waals surface area contributed by atoms with E-state index in [4.69, 9.17) is 5.73 Å². The molecule has 11 nitrogen and oxygen atoms in total. The molecule has 1 aliphatic rings. The van der Waals surface area contributed by atoms with Crippen LogP contribution in [0.2, 0.25) is 0 Å². The molecule has 0 aromatic carbocycles. The van der Waals surface area contributed by atoms with Crippen LogP contribution in [0.25, 0.3) is 0 Å². The van der Waals surface area contributed by atoms with Crippen LogP contribution in [0.15, 0.2) is 12.5 Å². The number of hydrogen-bond acceptors (Lipinski definition) is 7. The summed E-state index contributed by atoms with van der Waals surface area (Å²) in [5.41, 5.74) is 6.31. The number of aromatic amines is 1. The quantitative estimate of drug-likeness (QED) is 0.244. The molecule has 2 rings (SSSR count). The van der Waals surface area contributed by atoms with Gasteiger partial charge in [0.15, 0.2) is 0 Å². The number of imidazole rings is 1. The van der Waals surface area contributed by atoms with E-state index in [9.17, 15) is 24.3 Å². The minimum Gasteiger partial charge on any atom is -0.480 e. The molecule has 1 fully saturated rings. The number of aliphatic carboxylic acids is 1. The van der Waals surface area contributed by atoms with Gasteiger partial charge in [-0.25, -0.2) is 9.78 Å². The summed E-state index contributed by atoms with van der Waals surface area (Å²) in [5.74, 6) is -2.84. The van der Waals surface area contributed by atoms with Gasteiger partial charge >= 0.3 is 5.97 Å². The van der Waals surface area contributed by atoms with Gasteiger partial charge in [0.1, 0.15) is 18.1 Å². The fourth-order valence-electron chi connectivity index (χ4n) is 3.42. The Balaban J connectivity index is 2.17. The summed E-state index contributed by atoms with van der Waals surface area (Å²) < 4.78 is 0. The zero-order valence-corrected chi connectivity index (χ0v) is 18.5. The van der Waals surface area contributed by atoms with Crippen molar-refractivity contribution in [3.05, 3.63) is 18.2 Å². The fraction of sp³-hybridized carbons (Fsp3) is 0.632. The topological polar surface area (TPSA) is 171 Å². The van der Waals surface area contributed by atoms with Gasteiger partial charge in [0, 0.05) is 30.6 Å². The molecule has 31 heavy (non-hydrogen) atoms. The summed E-state index contributed by atoms with van der Waals surface area (Å²) in [5, 5.41) is 14.7. The van der Waals surface area contributed by atoms with Crippen molar-refractivity contribution in [3.63, 3.8) is 0 Å². The fourth-order valence-corrected chi connectivity index (χ4v) is 3.59. The molecule has 3 amide bonds. The van der Waals surface area contributed by atoms with E-state index in [0.29, 0.717) is 25.1 Å². The second-order valence-corrected chi connectivity index (χ2v) is 8.25. The van der Waals surface area contributed by atoms with Crippen molar-refractivity contribution in [1.82, 2.24) is 25.5 Å². The van der Waals surface area contributed by atoms with Crippen molar-refractivity contribution < 1.29 is 24.3 Å². The number of rotatable bonds is 10. The number of nitrogens with two attached hydrogens (primary N) is 1. The Kier molecular flexibility index (Phi) is 8.87. The molecule has 0 spiro atoms. The lowest BCUT2D eigenvalue weighted by Gasteiger charge is -2.30. The summed E-state index contributed by atoms with van der Waals surface area (Å²) in [6.07, 6.45) is 4.04. The van der Waals surface area contributed by atoms with Crippen LogP contribution >= 0.6 is 12.6 Å². The third-order valence-corrected chi connectivity index (χ3v) is 5.59. The molecular weight excluding hydrogens is 424 g/mol. The maximum Gasteiger partial charge on any atom is 0.326 e. The Hall–Kier alpha value is -2.60. The Morgan fingerprint density at radius 3 is 2.58 bits per heavy atom. The number of carboxylic acid groups (broad SMARTS) is 1. The van der Waals surface area contributed by atoms with E-state index < -0.39 is 47.9 Å². The Bertz CT molecular complexity index is 787. The number of carbonyl (C=O) groups is 4. The van der Waals surface area contributed by atoms with E-state index in [1.54, 1.807) is 13.8 Å². The van der Waals surface area contributed by atoms with Gasteiger partial charge in [0.2, 0.25) is 17.7 Å². The molecule has 4 unspecified atom stereocenters. The first-order chi connectivity index (χ1) is 14.6. The lowest BCUT2D eigenvalue weighted by Crippen LogP contribution is -2.59. The summed E-state index contributed by atoms with van der Waals surface area (Å²) >= 11 is 4.00.